The van der Waals surface area contributed by atoms with Crippen LogP contribution in [0.5, 0.6) is 11.5 Å². The average molecular weight is 384 g/mol. The van der Waals surface area contributed by atoms with Gasteiger partial charge in [-0.1, -0.05) is 36.9 Å². The largest absolute Gasteiger partial charge is 0.493 e. The lowest BCUT2D eigenvalue weighted by atomic mass is 10.1. The topological polar surface area (TPSA) is 116 Å². The van der Waals surface area contributed by atoms with Crippen LogP contribution in [0.25, 0.3) is 0 Å². The molecule has 0 saturated heterocycles. The first-order valence-corrected chi connectivity index (χ1v) is 8.77. The molecule has 134 valence electrons. The number of hydrogen-bond acceptors (Lipinski definition) is 9. The van der Waals surface area contributed by atoms with Crippen molar-refractivity contribution in [2.75, 3.05) is 19.5 Å². The van der Waals surface area contributed by atoms with E-state index in [4.69, 9.17) is 9.47 Å². The van der Waals surface area contributed by atoms with Crippen molar-refractivity contribution in [1.29, 1.82) is 0 Å². The number of nitro benzene ring substituents is 1. The van der Waals surface area contributed by atoms with E-state index < -0.39 is 16.5 Å². The number of carbonyl (C=O) groups is 1. The molecule has 1 heterocycles. The number of nitrogens with one attached hydrogen (secondary N) is 1. The Bertz CT molecular complexity index is 794. The molecule has 11 heteroatoms. The van der Waals surface area contributed by atoms with Crippen LogP contribution < -0.4 is 14.8 Å². The minimum atomic E-state index is -0.676. The molecule has 25 heavy (non-hydrogen) atoms. The smallest absolute Gasteiger partial charge is 0.286 e. The van der Waals surface area contributed by atoms with Gasteiger partial charge in [0.25, 0.3) is 11.6 Å². The van der Waals surface area contributed by atoms with Crippen LogP contribution in [0.3, 0.4) is 0 Å². The van der Waals surface area contributed by atoms with E-state index in [-0.39, 0.29) is 22.2 Å². The third-order valence-electron chi connectivity index (χ3n) is 2.91. The van der Waals surface area contributed by atoms with Crippen molar-refractivity contribution in [3.05, 3.63) is 27.8 Å². The van der Waals surface area contributed by atoms with E-state index >= 15 is 0 Å². The second-order valence-corrected chi connectivity index (χ2v) is 7.78. The van der Waals surface area contributed by atoms with Crippen molar-refractivity contribution in [2.45, 2.75) is 23.4 Å². The van der Waals surface area contributed by atoms with Gasteiger partial charge in [0, 0.05) is 11.3 Å². The molecule has 0 aliphatic carbocycles. The number of benzene rings is 1. The maximum Gasteiger partial charge on any atom is 0.286 e. The van der Waals surface area contributed by atoms with Crippen LogP contribution in [0.2, 0.25) is 0 Å². The SMILES string of the molecule is COc1cc(C(=O)Nc2nnc(SC(C)C)s2)c([N+](=O)[O-])cc1OC. The zero-order valence-electron chi connectivity index (χ0n) is 13.9. The summed E-state index contributed by atoms with van der Waals surface area (Å²) in [5, 5.41) is 22.2. The maximum absolute atomic E-state index is 12.5. The van der Waals surface area contributed by atoms with E-state index in [9.17, 15) is 14.9 Å². The fourth-order valence-electron chi connectivity index (χ4n) is 1.88. The van der Waals surface area contributed by atoms with E-state index in [1.165, 1.54) is 43.4 Å². The second kappa shape index (κ2) is 8.12. The molecular weight excluding hydrogens is 368 g/mol. The van der Waals surface area contributed by atoms with Crippen molar-refractivity contribution in [1.82, 2.24) is 10.2 Å². The van der Waals surface area contributed by atoms with E-state index in [1.807, 2.05) is 13.8 Å². The number of amides is 1. The predicted octanol–water partition coefficient (Wildman–Crippen LogP) is 3.22. The predicted molar refractivity (Wildman–Crippen MR) is 95.1 cm³/mol. The molecule has 0 unspecified atom stereocenters. The van der Waals surface area contributed by atoms with E-state index in [2.05, 4.69) is 15.5 Å². The average Bonchev–Trinajstić information content (AvgIpc) is 2.99. The van der Waals surface area contributed by atoms with Crippen molar-refractivity contribution in [3.8, 4) is 11.5 Å². The Morgan fingerprint density at radius 3 is 2.48 bits per heavy atom. The highest BCUT2D eigenvalue weighted by Crippen LogP contribution is 2.35. The maximum atomic E-state index is 12.5. The van der Waals surface area contributed by atoms with Gasteiger partial charge in [-0.15, -0.1) is 10.2 Å². The van der Waals surface area contributed by atoms with E-state index in [0.29, 0.717) is 9.59 Å². The summed E-state index contributed by atoms with van der Waals surface area (Å²) in [5.41, 5.74) is -0.549. The van der Waals surface area contributed by atoms with Gasteiger partial charge in [-0.05, 0) is 0 Å². The summed E-state index contributed by atoms with van der Waals surface area (Å²) >= 11 is 2.71. The van der Waals surface area contributed by atoms with Gasteiger partial charge in [-0.3, -0.25) is 20.2 Å². The zero-order chi connectivity index (χ0) is 18.6. The number of aromatic nitrogens is 2. The quantitative estimate of drug-likeness (QED) is 0.335. The normalized spacial score (nSPS) is 10.6. The lowest BCUT2D eigenvalue weighted by molar-refractivity contribution is -0.385. The Kier molecular flexibility index (Phi) is 6.15. The highest BCUT2D eigenvalue weighted by Gasteiger charge is 2.25. The Hall–Kier alpha value is -2.40. The fourth-order valence-corrected chi connectivity index (χ4v) is 3.85. The molecule has 0 aliphatic rings. The van der Waals surface area contributed by atoms with Gasteiger partial charge in [0.1, 0.15) is 5.56 Å². The Balaban J connectivity index is 2.31. The first-order chi connectivity index (χ1) is 11.8. The first kappa shape index (κ1) is 18.9. The summed E-state index contributed by atoms with van der Waals surface area (Å²) in [5.74, 6) is -0.297. The van der Waals surface area contributed by atoms with Crippen LogP contribution in [0.15, 0.2) is 16.5 Å². The van der Waals surface area contributed by atoms with Crippen LogP contribution in [0.4, 0.5) is 10.8 Å². The minimum Gasteiger partial charge on any atom is -0.493 e. The van der Waals surface area contributed by atoms with Crippen LogP contribution in [-0.4, -0.2) is 40.5 Å². The number of thioether (sulfide) groups is 1. The third kappa shape index (κ3) is 4.57. The minimum absolute atomic E-state index is 0.157. The summed E-state index contributed by atoms with van der Waals surface area (Å²) in [4.78, 5) is 23.1. The summed E-state index contributed by atoms with van der Waals surface area (Å²) < 4.78 is 10.8. The number of anilines is 1. The van der Waals surface area contributed by atoms with Gasteiger partial charge in [0.15, 0.2) is 15.8 Å². The molecule has 0 spiro atoms. The number of methoxy groups -OCH3 is 2. The summed E-state index contributed by atoms with van der Waals surface area (Å²) in [7, 11) is 2.74. The summed E-state index contributed by atoms with van der Waals surface area (Å²) in [6.45, 7) is 4.02. The molecule has 0 fully saturated rings. The first-order valence-electron chi connectivity index (χ1n) is 7.07. The van der Waals surface area contributed by atoms with Crippen molar-refractivity contribution in [2.24, 2.45) is 0 Å². The summed E-state index contributed by atoms with van der Waals surface area (Å²) in [6.07, 6.45) is 0. The fraction of sp³-hybridized carbons (Fsp3) is 0.357. The van der Waals surface area contributed by atoms with Gasteiger partial charge in [0.2, 0.25) is 5.13 Å². The Morgan fingerprint density at radius 1 is 1.28 bits per heavy atom. The molecule has 1 N–H and O–H groups in total. The van der Waals surface area contributed by atoms with Crippen LogP contribution >= 0.6 is 23.1 Å². The Labute approximate surface area is 151 Å². The highest BCUT2D eigenvalue weighted by molar-refractivity contribution is 8.01. The number of ether oxygens (including phenoxy) is 2. The number of carbonyl (C=O) groups excluding carboxylic acids is 1. The van der Waals surface area contributed by atoms with Crippen molar-refractivity contribution < 1.29 is 19.2 Å². The molecule has 0 atom stereocenters. The zero-order valence-corrected chi connectivity index (χ0v) is 15.6. The molecule has 0 saturated carbocycles. The van der Waals surface area contributed by atoms with E-state index in [0.717, 1.165) is 6.07 Å². The van der Waals surface area contributed by atoms with E-state index in [1.54, 1.807) is 0 Å². The van der Waals surface area contributed by atoms with Gasteiger partial charge in [-0.2, -0.15) is 0 Å². The molecule has 0 aliphatic heterocycles. The molecule has 1 aromatic carbocycles. The lowest BCUT2D eigenvalue weighted by Crippen LogP contribution is -2.14. The lowest BCUT2D eigenvalue weighted by Gasteiger charge is -2.10. The number of rotatable bonds is 7. The monoisotopic (exact) mass is 384 g/mol. The van der Waals surface area contributed by atoms with Crippen molar-refractivity contribution >= 4 is 39.8 Å². The second-order valence-electron chi connectivity index (χ2n) is 4.98. The number of hydrogen-bond donors (Lipinski definition) is 1. The van der Waals surface area contributed by atoms with Gasteiger partial charge < -0.3 is 9.47 Å². The molecule has 1 amide bonds. The van der Waals surface area contributed by atoms with Crippen LogP contribution in [0, 0.1) is 10.1 Å². The molecule has 9 nitrogen and oxygen atoms in total. The molecule has 0 radical (unpaired) electrons. The molecule has 1 aromatic heterocycles. The van der Waals surface area contributed by atoms with Gasteiger partial charge >= 0.3 is 0 Å². The number of nitro groups is 1. The Morgan fingerprint density at radius 2 is 1.92 bits per heavy atom. The summed E-state index contributed by atoms with van der Waals surface area (Å²) in [6, 6.07) is 2.41. The number of nitrogens with zero attached hydrogens (tertiary/aromatic N) is 3. The van der Waals surface area contributed by atoms with Gasteiger partial charge in [0.05, 0.1) is 25.2 Å². The van der Waals surface area contributed by atoms with Crippen LogP contribution in [0.1, 0.15) is 24.2 Å². The highest BCUT2D eigenvalue weighted by atomic mass is 32.2. The standard InChI is InChI=1S/C14H16N4O5S2/c1-7(2)24-14-17-16-13(25-14)15-12(19)8-5-10(22-3)11(23-4)6-9(8)18(20)21/h5-7H,1-4H3,(H,15,16,19). The third-order valence-corrected chi connectivity index (χ3v) is 4.83. The molecular formula is C14H16N4O5S2. The van der Waals surface area contributed by atoms with Gasteiger partial charge in [-0.25, -0.2) is 0 Å². The molecule has 2 rings (SSSR count). The van der Waals surface area contributed by atoms with Crippen molar-refractivity contribution in [3.63, 3.8) is 0 Å². The van der Waals surface area contributed by atoms with Crippen LogP contribution in [-0.2, 0) is 0 Å². The molecule has 2 aromatic rings. The molecule has 0 bridgehead atoms.